The number of rotatable bonds is 13. The number of alkyl carbamates (subject to hydrolysis) is 1. The Morgan fingerprint density at radius 3 is 2.55 bits per heavy atom. The molecule has 2 aliphatic carbocycles. The van der Waals surface area contributed by atoms with Gasteiger partial charge in [0, 0.05) is 61.6 Å². The summed E-state index contributed by atoms with van der Waals surface area (Å²) in [5.74, 6) is 1.02. The summed E-state index contributed by atoms with van der Waals surface area (Å²) in [6, 6.07) is 3.02. The van der Waals surface area contributed by atoms with Crippen LogP contribution in [0.2, 0.25) is 0 Å². The largest absolute Gasteiger partial charge is 0.487 e. The number of Topliss-reactive ketones (excluding diaryl/α,β-unsaturated/α-hetero) is 1. The highest BCUT2D eigenvalue weighted by Gasteiger charge is 2.65. The minimum Gasteiger partial charge on any atom is -0.487 e. The van der Waals surface area contributed by atoms with Gasteiger partial charge in [0.25, 0.3) is 10.0 Å². The first-order valence-electron chi connectivity index (χ1n) is 22.4. The zero-order valence-electron chi connectivity index (χ0n) is 38.9. The van der Waals surface area contributed by atoms with Gasteiger partial charge in [0.15, 0.2) is 23.4 Å². The molecule has 5 aliphatic rings. The van der Waals surface area contributed by atoms with Crippen LogP contribution in [-0.4, -0.2) is 117 Å². The van der Waals surface area contributed by atoms with Gasteiger partial charge in [0.2, 0.25) is 11.9 Å². The number of aliphatic imine (C=N–C) groups is 1. The minimum atomic E-state index is -4.12. The van der Waals surface area contributed by atoms with E-state index in [0.29, 0.717) is 41.5 Å². The zero-order valence-corrected chi connectivity index (χ0v) is 39.7. The predicted molar refractivity (Wildman–Crippen MR) is 240 cm³/mol. The summed E-state index contributed by atoms with van der Waals surface area (Å²) in [4.78, 5) is 61.6. The van der Waals surface area contributed by atoms with Crippen molar-refractivity contribution >= 4 is 39.9 Å². The number of benzene rings is 2. The lowest BCUT2D eigenvalue weighted by molar-refractivity contribution is -0.138. The molecule has 3 aliphatic heterocycles. The van der Waals surface area contributed by atoms with Crippen molar-refractivity contribution in [2.45, 2.75) is 147 Å². The fraction of sp³-hybridized carbons (Fsp3) is 0.630. The number of hydrogen-bond acceptors (Lipinski definition) is 12. The molecule has 1 saturated carbocycles. The number of nitrogens with two attached hydrogens (primary N) is 1. The van der Waals surface area contributed by atoms with Crippen LogP contribution in [0.25, 0.3) is 0 Å². The van der Waals surface area contributed by atoms with Crippen molar-refractivity contribution in [3.63, 3.8) is 0 Å². The highest BCUT2D eigenvalue weighted by Crippen LogP contribution is 2.63. The monoisotopic (exact) mass is 907 g/mol. The molecular weight excluding hydrogens is 843 g/mol. The quantitative estimate of drug-likeness (QED) is 0.124. The lowest BCUT2D eigenvalue weighted by atomic mass is 9.52. The summed E-state index contributed by atoms with van der Waals surface area (Å²) in [6.45, 7) is 17.5. The maximum Gasteiger partial charge on any atom is 0.415 e. The van der Waals surface area contributed by atoms with Crippen LogP contribution in [0.3, 0.4) is 0 Å². The summed E-state index contributed by atoms with van der Waals surface area (Å²) in [5.41, 5.74) is 9.29. The van der Waals surface area contributed by atoms with Crippen molar-refractivity contribution in [1.82, 2.24) is 25.2 Å². The number of nitrogens with one attached hydrogen (secondary N) is 3. The molecule has 1 spiro atoms. The first-order chi connectivity index (χ1) is 30.0. The number of piperidine rings is 1. The number of sulfonamides is 1. The third-order valence-electron chi connectivity index (χ3n) is 13.6. The van der Waals surface area contributed by atoms with E-state index in [1.54, 1.807) is 47.6 Å². The molecular formula is C46H65N7O10S. The Labute approximate surface area is 376 Å². The minimum absolute atomic E-state index is 0.0372. The van der Waals surface area contributed by atoms with Gasteiger partial charge in [-0.05, 0) is 142 Å². The number of ether oxygens (including phenoxy) is 4. The van der Waals surface area contributed by atoms with Gasteiger partial charge < -0.3 is 45.1 Å². The van der Waals surface area contributed by atoms with Gasteiger partial charge >= 0.3 is 12.2 Å². The Balaban J connectivity index is 0.966. The molecule has 17 nitrogen and oxygen atoms in total. The van der Waals surface area contributed by atoms with Crippen LogP contribution in [0, 0.1) is 26.7 Å². The number of likely N-dealkylation sites (tertiary alicyclic amines) is 1. The Morgan fingerprint density at radius 2 is 1.84 bits per heavy atom. The Hall–Kier alpha value is -5.10. The molecule has 64 heavy (non-hydrogen) atoms. The van der Waals surface area contributed by atoms with Crippen molar-refractivity contribution in [2.75, 3.05) is 39.8 Å². The maximum atomic E-state index is 13.7. The number of nitrogens with zero attached hydrogens (tertiary/aromatic N) is 3. The Bertz CT molecular complexity index is 2380. The molecule has 0 radical (unpaired) electrons. The molecule has 2 aromatic rings. The van der Waals surface area contributed by atoms with Gasteiger partial charge in [-0.2, -0.15) is 0 Å². The molecule has 2 aromatic carbocycles. The van der Waals surface area contributed by atoms with Crippen LogP contribution in [0.4, 0.5) is 9.59 Å². The average Bonchev–Trinajstić information content (AvgIpc) is 3.73. The van der Waals surface area contributed by atoms with E-state index in [1.165, 1.54) is 4.90 Å². The number of likely N-dealkylation sites (N-methyl/N-ethyl adjacent to an activating group) is 2. The SMILES string of the molecule is CCN(CCNC(=O)[C@H](CCCN=C(N)NS(=O)(=O)c1c(C)c(C)c2c(c1C)CC(C)(C)O2)NC(=O)OC(C)(C)C)C(=O)Oc1ccc2c3c1O[C@H]1C(=O)CCC4[C@@H](C2)N(C)CC[C@@]341. The van der Waals surface area contributed by atoms with E-state index >= 15 is 0 Å². The number of amides is 3. The van der Waals surface area contributed by atoms with Gasteiger partial charge in [-0.1, -0.05) is 6.07 Å². The number of fused-ring (bicyclic) bond motifs is 1. The van der Waals surface area contributed by atoms with E-state index in [0.717, 1.165) is 48.1 Å². The van der Waals surface area contributed by atoms with Crippen LogP contribution in [0.15, 0.2) is 22.0 Å². The maximum absolute atomic E-state index is 13.7. The molecule has 2 fully saturated rings. The van der Waals surface area contributed by atoms with Crippen LogP contribution in [0.5, 0.6) is 17.2 Å². The average molecular weight is 908 g/mol. The van der Waals surface area contributed by atoms with E-state index in [4.69, 9.17) is 24.7 Å². The van der Waals surface area contributed by atoms with Crippen molar-refractivity contribution < 1.29 is 46.5 Å². The molecule has 350 valence electrons. The predicted octanol–water partition coefficient (Wildman–Crippen LogP) is 4.47. The Kier molecular flexibility index (Phi) is 12.7. The molecule has 2 bridgehead atoms. The smallest absolute Gasteiger partial charge is 0.415 e. The fourth-order valence-electron chi connectivity index (χ4n) is 10.6. The van der Waals surface area contributed by atoms with Crippen molar-refractivity contribution in [2.24, 2.45) is 16.6 Å². The summed E-state index contributed by atoms with van der Waals surface area (Å²) in [6.07, 6.45) is 1.84. The lowest BCUT2D eigenvalue weighted by Crippen LogP contribution is -2.65. The normalized spacial score (nSPS) is 23.5. The summed E-state index contributed by atoms with van der Waals surface area (Å²) >= 11 is 0. The topological polar surface area (TPSA) is 220 Å². The van der Waals surface area contributed by atoms with E-state index in [9.17, 15) is 27.6 Å². The summed E-state index contributed by atoms with van der Waals surface area (Å²) in [5, 5.41) is 5.44. The number of hydrogen-bond donors (Lipinski definition) is 4. The van der Waals surface area contributed by atoms with Crippen LogP contribution >= 0.6 is 0 Å². The zero-order chi connectivity index (χ0) is 46.7. The first-order valence-corrected chi connectivity index (χ1v) is 23.9. The summed E-state index contributed by atoms with van der Waals surface area (Å²) < 4.78 is 53.8. The third kappa shape index (κ3) is 8.83. The molecule has 18 heteroatoms. The first kappa shape index (κ1) is 46.9. The molecule has 5 atom stereocenters. The van der Waals surface area contributed by atoms with E-state index in [2.05, 4.69) is 32.3 Å². The number of ketones is 1. The molecule has 1 unspecified atom stereocenters. The van der Waals surface area contributed by atoms with Crippen LogP contribution in [0.1, 0.15) is 107 Å². The standard InChI is InChI=1S/C46H65N7O10S/c1-11-53(43(57)60-34-17-14-28-23-32-30-15-16-33(54)39-46(30,18-21-52(32)10)35(28)37(34)61-39)22-20-48-40(55)31(50-42(56)63-44(5,6)7)13-12-19-49-41(47)51-64(58,59)38-26(3)25(2)36-29(27(38)4)24-45(8,9)62-36/h14,17,30-32,39H,11-13,15-16,18-24H2,1-10H3,(H,48,55)(H,50,56)(H3,47,49,51)/t30?,31-,32+,39-,46-/m0/s1. The summed E-state index contributed by atoms with van der Waals surface area (Å²) in [7, 11) is -1.97. The van der Waals surface area contributed by atoms with Crippen molar-refractivity contribution in [1.29, 1.82) is 0 Å². The second-order valence-corrected chi connectivity index (χ2v) is 21.2. The van der Waals surface area contributed by atoms with Crippen LogP contribution < -0.4 is 35.3 Å². The second-order valence-electron chi connectivity index (χ2n) is 19.6. The van der Waals surface area contributed by atoms with Gasteiger partial charge in [0.05, 0.1) is 4.90 Å². The molecule has 0 aromatic heterocycles. The van der Waals surface area contributed by atoms with E-state index in [-0.39, 0.29) is 67.3 Å². The van der Waals surface area contributed by atoms with Gasteiger partial charge in [-0.25, -0.2) is 22.7 Å². The molecule has 3 amide bonds. The fourth-order valence-corrected chi connectivity index (χ4v) is 12.2. The molecule has 5 N–H and O–H groups in total. The Morgan fingerprint density at radius 1 is 1.11 bits per heavy atom. The van der Waals surface area contributed by atoms with Crippen LogP contribution in [-0.2, 0) is 42.6 Å². The highest BCUT2D eigenvalue weighted by atomic mass is 32.2. The number of carbonyl (C=O) groups is 4. The number of carbonyl (C=O) groups excluding carboxylic acids is 4. The van der Waals surface area contributed by atoms with Crippen molar-refractivity contribution in [3.8, 4) is 17.2 Å². The second kappa shape index (κ2) is 17.4. The van der Waals surface area contributed by atoms with E-state index < -0.39 is 56.9 Å². The third-order valence-corrected chi connectivity index (χ3v) is 15.3. The van der Waals surface area contributed by atoms with Crippen molar-refractivity contribution in [3.05, 3.63) is 45.5 Å². The molecule has 7 rings (SSSR count). The lowest BCUT2D eigenvalue weighted by Gasteiger charge is -2.57. The molecule has 1 saturated heterocycles. The van der Waals surface area contributed by atoms with E-state index in [1.807, 2.05) is 26.8 Å². The van der Waals surface area contributed by atoms with Gasteiger partial charge in [-0.15, -0.1) is 0 Å². The molecule has 3 heterocycles. The number of guanidine groups is 1. The van der Waals surface area contributed by atoms with Gasteiger partial charge in [0.1, 0.15) is 23.0 Å². The highest BCUT2D eigenvalue weighted by molar-refractivity contribution is 7.90. The van der Waals surface area contributed by atoms with Gasteiger partial charge in [-0.3, -0.25) is 14.6 Å².